The number of amides is 3. The standard InChI is InChI=1S/C25H29N3O4/c1-24(2,3)32-23(31)28-16-25(18-12-8-9-13-19(18)26-22(25)30)14-20(28)21(29)27(4)15-17-10-6-5-7-11-17/h5-13,20H,14-16H2,1-4H3,(H,26,30)/t20-,25-/m1/s1. The van der Waals surface area contributed by atoms with E-state index < -0.39 is 23.2 Å². The van der Waals surface area contributed by atoms with Gasteiger partial charge in [0.2, 0.25) is 11.8 Å². The lowest BCUT2D eigenvalue weighted by molar-refractivity contribution is -0.135. The quantitative estimate of drug-likeness (QED) is 0.800. The Balaban J connectivity index is 1.66. The van der Waals surface area contributed by atoms with Crippen molar-refractivity contribution in [3.63, 3.8) is 0 Å². The van der Waals surface area contributed by atoms with Gasteiger partial charge in [0.15, 0.2) is 0 Å². The number of nitrogens with one attached hydrogen (secondary N) is 1. The van der Waals surface area contributed by atoms with E-state index in [2.05, 4.69) is 5.32 Å². The molecule has 2 atom stereocenters. The van der Waals surface area contributed by atoms with Crippen LogP contribution in [-0.4, -0.2) is 52.9 Å². The fourth-order valence-electron chi connectivity index (χ4n) is 4.56. The van der Waals surface area contributed by atoms with Crippen LogP contribution in [0.25, 0.3) is 0 Å². The van der Waals surface area contributed by atoms with E-state index >= 15 is 0 Å². The summed E-state index contributed by atoms with van der Waals surface area (Å²) in [7, 11) is 1.72. The number of carbonyl (C=O) groups is 3. The fraction of sp³-hybridized carbons (Fsp3) is 0.400. The molecular formula is C25H29N3O4. The molecule has 1 saturated heterocycles. The van der Waals surface area contributed by atoms with Crippen molar-refractivity contribution in [2.24, 2.45) is 0 Å². The largest absolute Gasteiger partial charge is 0.444 e. The molecule has 1 fully saturated rings. The number of rotatable bonds is 3. The SMILES string of the molecule is CN(Cc1ccccc1)C(=O)[C@H]1C[C@]2(CN1C(=O)OC(C)(C)C)C(=O)Nc1ccccc12. The zero-order valence-electron chi connectivity index (χ0n) is 18.9. The van der Waals surface area contributed by atoms with Gasteiger partial charge in [-0.15, -0.1) is 0 Å². The van der Waals surface area contributed by atoms with Crippen molar-refractivity contribution in [2.45, 2.75) is 50.8 Å². The maximum Gasteiger partial charge on any atom is 0.411 e. The Morgan fingerprint density at radius 1 is 1.12 bits per heavy atom. The molecule has 1 N–H and O–H groups in total. The maximum atomic E-state index is 13.5. The molecule has 7 nitrogen and oxygen atoms in total. The van der Waals surface area contributed by atoms with Gasteiger partial charge in [-0.3, -0.25) is 14.5 Å². The summed E-state index contributed by atoms with van der Waals surface area (Å²) in [5.41, 5.74) is 0.851. The molecule has 3 amide bonds. The molecule has 2 aromatic carbocycles. The van der Waals surface area contributed by atoms with Crippen molar-refractivity contribution >= 4 is 23.6 Å². The van der Waals surface area contributed by atoms with Gasteiger partial charge in [0.25, 0.3) is 0 Å². The Kier molecular flexibility index (Phi) is 5.44. The van der Waals surface area contributed by atoms with Crippen LogP contribution in [-0.2, 0) is 26.3 Å². The van der Waals surface area contributed by atoms with Gasteiger partial charge < -0.3 is 15.0 Å². The van der Waals surface area contributed by atoms with E-state index in [0.717, 1.165) is 16.8 Å². The third-order valence-electron chi connectivity index (χ3n) is 6.04. The molecule has 0 radical (unpaired) electrons. The molecule has 2 heterocycles. The van der Waals surface area contributed by atoms with Gasteiger partial charge in [0, 0.05) is 25.8 Å². The summed E-state index contributed by atoms with van der Waals surface area (Å²) in [6, 6.07) is 16.3. The molecular weight excluding hydrogens is 406 g/mol. The molecule has 0 aliphatic carbocycles. The smallest absolute Gasteiger partial charge is 0.411 e. The Morgan fingerprint density at radius 3 is 2.47 bits per heavy atom. The van der Waals surface area contributed by atoms with Gasteiger partial charge in [0.1, 0.15) is 11.6 Å². The number of para-hydroxylation sites is 1. The van der Waals surface area contributed by atoms with Crippen LogP contribution in [0.2, 0.25) is 0 Å². The zero-order chi connectivity index (χ0) is 23.1. The molecule has 32 heavy (non-hydrogen) atoms. The molecule has 2 aliphatic heterocycles. The summed E-state index contributed by atoms with van der Waals surface area (Å²) < 4.78 is 5.61. The second kappa shape index (κ2) is 7.97. The highest BCUT2D eigenvalue weighted by Crippen LogP contribution is 2.47. The van der Waals surface area contributed by atoms with Crippen LogP contribution in [0.1, 0.15) is 38.3 Å². The van der Waals surface area contributed by atoms with Gasteiger partial charge in [-0.1, -0.05) is 48.5 Å². The minimum Gasteiger partial charge on any atom is -0.444 e. The van der Waals surface area contributed by atoms with Gasteiger partial charge in [0.05, 0.1) is 5.41 Å². The molecule has 7 heteroatoms. The predicted octanol–water partition coefficient (Wildman–Crippen LogP) is 3.54. The molecule has 0 aromatic heterocycles. The molecule has 4 rings (SSSR count). The van der Waals surface area contributed by atoms with E-state index in [1.54, 1.807) is 32.7 Å². The lowest BCUT2D eigenvalue weighted by Gasteiger charge is -2.30. The minimum atomic E-state index is -0.971. The van der Waals surface area contributed by atoms with Crippen LogP contribution >= 0.6 is 0 Å². The molecule has 0 saturated carbocycles. The minimum absolute atomic E-state index is 0.0976. The summed E-state index contributed by atoms with van der Waals surface area (Å²) in [4.78, 5) is 42.8. The Labute approximate surface area is 188 Å². The van der Waals surface area contributed by atoms with Crippen LogP contribution in [0.15, 0.2) is 54.6 Å². The van der Waals surface area contributed by atoms with Crippen LogP contribution in [0, 0.1) is 0 Å². The third kappa shape index (κ3) is 3.95. The number of hydrogen-bond donors (Lipinski definition) is 1. The van der Waals surface area contributed by atoms with E-state index in [4.69, 9.17) is 4.74 Å². The number of likely N-dealkylation sites (N-methyl/N-ethyl adjacent to an activating group) is 1. The number of ether oxygens (including phenoxy) is 1. The molecule has 168 valence electrons. The molecule has 2 aromatic rings. The van der Waals surface area contributed by atoms with Crippen LogP contribution in [0.5, 0.6) is 0 Å². The number of benzene rings is 2. The monoisotopic (exact) mass is 435 g/mol. The second-order valence-electron chi connectivity index (χ2n) is 9.59. The average Bonchev–Trinajstić information content (AvgIpc) is 3.27. The lowest BCUT2D eigenvalue weighted by atomic mass is 9.79. The number of carbonyl (C=O) groups excluding carboxylic acids is 3. The molecule has 1 spiro atoms. The lowest BCUT2D eigenvalue weighted by Crippen LogP contribution is -2.48. The number of hydrogen-bond acceptors (Lipinski definition) is 4. The fourth-order valence-corrected chi connectivity index (χ4v) is 4.56. The first-order valence-corrected chi connectivity index (χ1v) is 10.8. The molecule has 0 bridgehead atoms. The summed E-state index contributed by atoms with van der Waals surface area (Å²) >= 11 is 0. The number of fused-ring (bicyclic) bond motifs is 2. The normalized spacial score (nSPS) is 21.9. The first-order valence-electron chi connectivity index (χ1n) is 10.8. The van der Waals surface area contributed by atoms with Gasteiger partial charge >= 0.3 is 6.09 Å². The topological polar surface area (TPSA) is 79.0 Å². The number of nitrogens with zero attached hydrogens (tertiary/aromatic N) is 2. The van der Waals surface area contributed by atoms with E-state index in [-0.39, 0.29) is 24.8 Å². The van der Waals surface area contributed by atoms with Crippen molar-refractivity contribution < 1.29 is 19.1 Å². The Bertz CT molecular complexity index is 1050. The van der Waals surface area contributed by atoms with Gasteiger partial charge in [-0.2, -0.15) is 0 Å². The van der Waals surface area contributed by atoms with Gasteiger partial charge in [-0.25, -0.2) is 4.79 Å². The maximum absolute atomic E-state index is 13.5. The highest BCUT2D eigenvalue weighted by atomic mass is 16.6. The van der Waals surface area contributed by atoms with Crippen molar-refractivity contribution in [3.05, 3.63) is 65.7 Å². The van der Waals surface area contributed by atoms with E-state index in [9.17, 15) is 14.4 Å². The van der Waals surface area contributed by atoms with Crippen molar-refractivity contribution in [2.75, 3.05) is 18.9 Å². The van der Waals surface area contributed by atoms with Crippen LogP contribution in [0.4, 0.5) is 10.5 Å². The van der Waals surface area contributed by atoms with Crippen molar-refractivity contribution in [3.8, 4) is 0 Å². The zero-order valence-corrected chi connectivity index (χ0v) is 18.9. The van der Waals surface area contributed by atoms with Crippen LogP contribution < -0.4 is 5.32 Å². The summed E-state index contributed by atoms with van der Waals surface area (Å²) in [5, 5.41) is 2.92. The summed E-state index contributed by atoms with van der Waals surface area (Å²) in [6.45, 7) is 5.86. The average molecular weight is 436 g/mol. The van der Waals surface area contributed by atoms with Crippen molar-refractivity contribution in [1.82, 2.24) is 9.80 Å². The number of anilines is 1. The summed E-state index contributed by atoms with van der Waals surface area (Å²) in [5.74, 6) is -0.401. The van der Waals surface area contributed by atoms with Gasteiger partial charge in [-0.05, 0) is 44.4 Å². The van der Waals surface area contributed by atoms with E-state index in [1.165, 1.54) is 4.90 Å². The first-order chi connectivity index (χ1) is 15.1. The number of likely N-dealkylation sites (tertiary alicyclic amines) is 1. The Morgan fingerprint density at radius 2 is 1.78 bits per heavy atom. The third-order valence-corrected chi connectivity index (χ3v) is 6.04. The highest BCUT2D eigenvalue weighted by molar-refractivity contribution is 6.08. The van der Waals surface area contributed by atoms with Crippen LogP contribution in [0.3, 0.4) is 0 Å². The predicted molar refractivity (Wildman–Crippen MR) is 121 cm³/mol. The Hall–Kier alpha value is -3.35. The highest BCUT2D eigenvalue weighted by Gasteiger charge is 2.58. The van der Waals surface area contributed by atoms with E-state index in [1.807, 2.05) is 54.6 Å². The molecule has 2 aliphatic rings. The molecule has 0 unspecified atom stereocenters. The van der Waals surface area contributed by atoms with Crippen molar-refractivity contribution in [1.29, 1.82) is 0 Å². The second-order valence-corrected chi connectivity index (χ2v) is 9.59. The first kappa shape index (κ1) is 21.9. The summed E-state index contributed by atoms with van der Waals surface area (Å²) in [6.07, 6.45) is -0.370. The van der Waals surface area contributed by atoms with E-state index in [0.29, 0.717) is 6.54 Å².